The first-order valence-corrected chi connectivity index (χ1v) is 8.63. The zero-order valence-electron chi connectivity index (χ0n) is 12.1. The highest BCUT2D eigenvalue weighted by molar-refractivity contribution is 9.10. The summed E-state index contributed by atoms with van der Waals surface area (Å²) in [5.74, 6) is -0.923. The standard InChI is InChI=1S/C16H14BrNO4S/c17-12-6-7-23-13(12)16(14(19)20)9-18(10-16)15(21)22-8-11-4-2-1-3-5-11/h1-7H,8-10H2,(H,19,20). The number of amides is 1. The number of halogens is 1. The first-order valence-electron chi connectivity index (χ1n) is 6.95. The van der Waals surface area contributed by atoms with Crippen LogP contribution in [-0.2, 0) is 21.6 Å². The molecular weight excluding hydrogens is 382 g/mol. The molecule has 0 spiro atoms. The van der Waals surface area contributed by atoms with E-state index in [4.69, 9.17) is 4.74 Å². The number of carbonyl (C=O) groups is 2. The van der Waals surface area contributed by atoms with Gasteiger partial charge in [0.05, 0.1) is 0 Å². The van der Waals surface area contributed by atoms with Gasteiger partial charge in [0.15, 0.2) is 0 Å². The molecule has 1 aliphatic heterocycles. The number of carboxylic acid groups (broad SMARTS) is 1. The lowest BCUT2D eigenvalue weighted by Crippen LogP contribution is -2.64. The number of rotatable bonds is 4. The summed E-state index contributed by atoms with van der Waals surface area (Å²) < 4.78 is 6.00. The lowest BCUT2D eigenvalue weighted by atomic mass is 9.78. The van der Waals surface area contributed by atoms with E-state index in [2.05, 4.69) is 15.9 Å². The highest BCUT2D eigenvalue weighted by atomic mass is 79.9. The van der Waals surface area contributed by atoms with E-state index in [0.717, 1.165) is 14.9 Å². The van der Waals surface area contributed by atoms with Crippen LogP contribution in [0.4, 0.5) is 4.79 Å². The smallest absolute Gasteiger partial charge is 0.410 e. The van der Waals surface area contributed by atoms with E-state index in [-0.39, 0.29) is 19.7 Å². The third-order valence-corrected chi connectivity index (χ3v) is 5.89. The number of carbonyl (C=O) groups excluding carboxylic acids is 1. The van der Waals surface area contributed by atoms with E-state index in [1.165, 1.54) is 16.2 Å². The quantitative estimate of drug-likeness (QED) is 0.860. The Morgan fingerprint density at radius 2 is 1.96 bits per heavy atom. The topological polar surface area (TPSA) is 66.8 Å². The van der Waals surface area contributed by atoms with Crippen molar-refractivity contribution < 1.29 is 19.4 Å². The lowest BCUT2D eigenvalue weighted by molar-refractivity contribution is -0.150. The van der Waals surface area contributed by atoms with Crippen molar-refractivity contribution in [2.75, 3.05) is 13.1 Å². The molecule has 0 bridgehead atoms. The van der Waals surface area contributed by atoms with E-state index < -0.39 is 17.5 Å². The SMILES string of the molecule is O=C(OCc1ccccc1)N1CC(C(=O)O)(c2sccc2Br)C1. The lowest BCUT2D eigenvalue weighted by Gasteiger charge is -2.45. The van der Waals surface area contributed by atoms with Crippen LogP contribution in [0.3, 0.4) is 0 Å². The van der Waals surface area contributed by atoms with Crippen molar-refractivity contribution in [1.29, 1.82) is 0 Å². The van der Waals surface area contributed by atoms with Crippen molar-refractivity contribution in [2.45, 2.75) is 12.0 Å². The summed E-state index contributed by atoms with van der Waals surface area (Å²) >= 11 is 4.75. The summed E-state index contributed by atoms with van der Waals surface area (Å²) in [7, 11) is 0. The van der Waals surface area contributed by atoms with Gasteiger partial charge in [-0.05, 0) is 32.9 Å². The Balaban J connectivity index is 1.63. The Labute approximate surface area is 145 Å². The molecule has 120 valence electrons. The third kappa shape index (κ3) is 2.98. The van der Waals surface area contributed by atoms with Gasteiger partial charge in [0.2, 0.25) is 0 Å². The molecule has 1 saturated heterocycles. The number of benzene rings is 1. The Morgan fingerprint density at radius 3 is 2.52 bits per heavy atom. The maximum absolute atomic E-state index is 12.1. The van der Waals surface area contributed by atoms with Crippen molar-refractivity contribution in [2.24, 2.45) is 0 Å². The van der Waals surface area contributed by atoms with Gasteiger partial charge in [0.1, 0.15) is 12.0 Å². The van der Waals surface area contributed by atoms with Crippen LogP contribution in [0, 0.1) is 0 Å². The molecule has 23 heavy (non-hydrogen) atoms. The third-order valence-electron chi connectivity index (χ3n) is 3.85. The van der Waals surface area contributed by atoms with Gasteiger partial charge >= 0.3 is 12.1 Å². The van der Waals surface area contributed by atoms with Crippen LogP contribution in [0.25, 0.3) is 0 Å². The molecule has 1 aromatic carbocycles. The Morgan fingerprint density at radius 1 is 1.26 bits per heavy atom. The Bertz CT molecular complexity index is 725. The predicted octanol–water partition coefficient (Wildman–Crippen LogP) is 3.49. The Kier molecular flexibility index (Phi) is 4.41. The molecule has 0 atom stereocenters. The van der Waals surface area contributed by atoms with Gasteiger partial charge < -0.3 is 14.7 Å². The molecular formula is C16H14BrNO4S. The van der Waals surface area contributed by atoms with E-state index in [0.29, 0.717) is 0 Å². The monoisotopic (exact) mass is 395 g/mol. The molecule has 1 amide bonds. The number of likely N-dealkylation sites (tertiary alicyclic amines) is 1. The predicted molar refractivity (Wildman–Crippen MR) is 89.5 cm³/mol. The maximum atomic E-state index is 12.1. The highest BCUT2D eigenvalue weighted by Crippen LogP contribution is 2.42. The molecule has 7 heteroatoms. The minimum Gasteiger partial charge on any atom is -0.480 e. The molecule has 1 fully saturated rings. The number of aliphatic carboxylic acids is 1. The van der Waals surface area contributed by atoms with Gasteiger partial charge in [-0.25, -0.2) is 4.79 Å². The van der Waals surface area contributed by atoms with Gasteiger partial charge in [0, 0.05) is 22.4 Å². The summed E-state index contributed by atoms with van der Waals surface area (Å²) in [6.07, 6.45) is -0.488. The second kappa shape index (κ2) is 6.33. The number of carboxylic acids is 1. The van der Waals surface area contributed by atoms with Crippen molar-refractivity contribution in [3.05, 3.63) is 56.7 Å². The van der Waals surface area contributed by atoms with Crippen molar-refractivity contribution in [3.63, 3.8) is 0 Å². The fourth-order valence-corrected chi connectivity index (χ4v) is 4.49. The fourth-order valence-electron chi connectivity index (χ4n) is 2.56. The van der Waals surface area contributed by atoms with Crippen molar-refractivity contribution in [1.82, 2.24) is 4.90 Å². The summed E-state index contributed by atoms with van der Waals surface area (Å²) in [5, 5.41) is 11.4. The van der Waals surface area contributed by atoms with Crippen molar-refractivity contribution >= 4 is 39.3 Å². The van der Waals surface area contributed by atoms with E-state index in [1.54, 1.807) is 0 Å². The van der Waals surface area contributed by atoms with E-state index in [1.807, 2.05) is 41.8 Å². The molecule has 1 aromatic heterocycles. The zero-order chi connectivity index (χ0) is 16.4. The van der Waals surface area contributed by atoms with E-state index >= 15 is 0 Å². The van der Waals surface area contributed by atoms with E-state index in [9.17, 15) is 14.7 Å². The summed E-state index contributed by atoms with van der Waals surface area (Å²) in [4.78, 5) is 25.9. The van der Waals surface area contributed by atoms with Crippen LogP contribution >= 0.6 is 27.3 Å². The van der Waals surface area contributed by atoms with Gasteiger partial charge in [-0.2, -0.15) is 0 Å². The minimum absolute atomic E-state index is 0.120. The van der Waals surface area contributed by atoms with Crippen LogP contribution in [-0.4, -0.2) is 35.2 Å². The zero-order valence-corrected chi connectivity index (χ0v) is 14.5. The summed E-state index contributed by atoms with van der Waals surface area (Å²) in [6, 6.07) is 11.2. The van der Waals surface area contributed by atoms with Gasteiger partial charge in [0.25, 0.3) is 0 Å². The number of hydrogen-bond donors (Lipinski definition) is 1. The molecule has 0 radical (unpaired) electrons. The maximum Gasteiger partial charge on any atom is 0.410 e. The van der Waals surface area contributed by atoms with Crippen molar-refractivity contribution in [3.8, 4) is 0 Å². The molecule has 3 rings (SSSR count). The summed E-state index contributed by atoms with van der Waals surface area (Å²) in [5.41, 5.74) is -0.148. The van der Waals surface area contributed by atoms with Crippen LogP contribution in [0.2, 0.25) is 0 Å². The normalized spacial score (nSPS) is 15.8. The molecule has 1 N–H and O–H groups in total. The minimum atomic E-state index is -1.04. The van der Waals surface area contributed by atoms with Crippen LogP contribution in [0.5, 0.6) is 0 Å². The van der Waals surface area contributed by atoms with Gasteiger partial charge in [-0.3, -0.25) is 4.79 Å². The first-order chi connectivity index (χ1) is 11.0. The molecule has 1 aliphatic rings. The largest absolute Gasteiger partial charge is 0.480 e. The number of hydrogen-bond acceptors (Lipinski definition) is 4. The van der Waals surface area contributed by atoms with Gasteiger partial charge in [-0.15, -0.1) is 11.3 Å². The Hall–Kier alpha value is -1.86. The highest BCUT2D eigenvalue weighted by Gasteiger charge is 2.55. The first kappa shape index (κ1) is 16.0. The summed E-state index contributed by atoms with van der Waals surface area (Å²) in [6.45, 7) is 0.420. The van der Waals surface area contributed by atoms with Gasteiger partial charge in [-0.1, -0.05) is 30.3 Å². The molecule has 2 aromatic rings. The average Bonchev–Trinajstić information content (AvgIpc) is 2.91. The molecule has 0 aliphatic carbocycles. The average molecular weight is 396 g/mol. The number of thiophene rings is 1. The number of ether oxygens (including phenoxy) is 1. The van der Waals surface area contributed by atoms with Crippen LogP contribution < -0.4 is 0 Å². The molecule has 0 unspecified atom stereocenters. The molecule has 5 nitrogen and oxygen atoms in total. The molecule has 2 heterocycles. The van der Waals surface area contributed by atoms with Crippen LogP contribution in [0.15, 0.2) is 46.3 Å². The number of nitrogens with zero attached hydrogens (tertiary/aromatic N) is 1. The second-order valence-corrected chi connectivity index (χ2v) is 7.15. The second-order valence-electron chi connectivity index (χ2n) is 5.38. The fraction of sp³-hybridized carbons (Fsp3) is 0.250. The molecule has 0 saturated carbocycles. The van der Waals surface area contributed by atoms with Crippen LogP contribution in [0.1, 0.15) is 10.4 Å².